The van der Waals surface area contributed by atoms with Crippen molar-refractivity contribution in [3.05, 3.63) is 53.1 Å². The van der Waals surface area contributed by atoms with Crippen molar-refractivity contribution in [2.45, 2.75) is 24.7 Å². The van der Waals surface area contributed by atoms with Crippen LogP contribution in [0.1, 0.15) is 18.4 Å². The number of carbonyl (C=O) groups excluding carboxylic acids is 1. The zero-order valence-electron chi connectivity index (χ0n) is 15.8. The summed E-state index contributed by atoms with van der Waals surface area (Å²) in [6.07, 6.45) is 1.25. The molecule has 0 unspecified atom stereocenters. The highest BCUT2D eigenvalue weighted by Gasteiger charge is 2.34. The minimum atomic E-state index is -3.76. The number of amides is 1. The molecule has 150 valence electrons. The summed E-state index contributed by atoms with van der Waals surface area (Å²) in [6, 6.07) is 11.9. The standard InChI is InChI=1S/C20H23ClN2O4S/c1-14-5-10-18(27-2)19(12-14)28(25,26)23-11-3-4-15(13-23)20(24)22-17-8-6-16(21)7-9-17/h5-10,12,15H,3-4,11,13H2,1-2H3,(H,22,24)/t15-/m0/s1. The van der Waals surface area contributed by atoms with E-state index in [1.807, 2.05) is 6.92 Å². The van der Waals surface area contributed by atoms with E-state index in [0.717, 1.165) is 5.56 Å². The molecule has 0 radical (unpaired) electrons. The lowest BCUT2D eigenvalue weighted by molar-refractivity contribution is -0.120. The fourth-order valence-electron chi connectivity index (χ4n) is 3.28. The average Bonchev–Trinajstić information content (AvgIpc) is 2.69. The number of halogens is 1. The summed E-state index contributed by atoms with van der Waals surface area (Å²) in [5.41, 5.74) is 1.46. The minimum absolute atomic E-state index is 0.133. The number of aryl methyl sites for hydroxylation is 1. The number of benzene rings is 2. The summed E-state index contributed by atoms with van der Waals surface area (Å²) >= 11 is 5.86. The van der Waals surface area contributed by atoms with Crippen molar-refractivity contribution in [2.24, 2.45) is 5.92 Å². The van der Waals surface area contributed by atoms with Crippen molar-refractivity contribution in [3.8, 4) is 5.75 Å². The summed E-state index contributed by atoms with van der Waals surface area (Å²) in [5, 5.41) is 3.42. The molecule has 2 aromatic carbocycles. The van der Waals surface area contributed by atoms with Crippen LogP contribution >= 0.6 is 11.6 Å². The third-order valence-electron chi connectivity index (χ3n) is 4.80. The monoisotopic (exact) mass is 422 g/mol. The number of anilines is 1. The van der Waals surface area contributed by atoms with Crippen molar-refractivity contribution >= 4 is 33.2 Å². The Morgan fingerprint density at radius 3 is 2.61 bits per heavy atom. The lowest BCUT2D eigenvalue weighted by atomic mass is 9.99. The minimum Gasteiger partial charge on any atom is -0.495 e. The van der Waals surface area contributed by atoms with Crippen molar-refractivity contribution in [1.82, 2.24) is 4.31 Å². The third-order valence-corrected chi connectivity index (χ3v) is 6.94. The first-order valence-corrected chi connectivity index (χ1v) is 10.8. The maximum Gasteiger partial charge on any atom is 0.246 e. The second-order valence-corrected chi connectivity index (χ2v) is 9.20. The quantitative estimate of drug-likeness (QED) is 0.797. The van der Waals surface area contributed by atoms with Crippen LogP contribution in [0.15, 0.2) is 47.4 Å². The smallest absolute Gasteiger partial charge is 0.246 e. The Balaban J connectivity index is 1.78. The van der Waals surface area contributed by atoms with Crippen molar-refractivity contribution in [1.29, 1.82) is 0 Å². The summed E-state index contributed by atoms with van der Waals surface area (Å²) in [6.45, 7) is 2.35. The van der Waals surface area contributed by atoms with Gasteiger partial charge in [0.25, 0.3) is 0 Å². The number of nitrogens with one attached hydrogen (secondary N) is 1. The highest BCUT2D eigenvalue weighted by atomic mass is 35.5. The first-order chi connectivity index (χ1) is 13.3. The van der Waals surface area contributed by atoms with Gasteiger partial charge in [0, 0.05) is 23.8 Å². The molecule has 0 aliphatic carbocycles. The largest absolute Gasteiger partial charge is 0.495 e. The van der Waals surface area contributed by atoms with E-state index in [9.17, 15) is 13.2 Å². The molecule has 6 nitrogen and oxygen atoms in total. The van der Waals surface area contributed by atoms with Crippen LogP contribution in [0.3, 0.4) is 0 Å². The fraction of sp³-hybridized carbons (Fsp3) is 0.350. The molecule has 0 spiro atoms. The summed E-state index contributed by atoms with van der Waals surface area (Å²) < 4.78 is 33.0. The molecule has 1 amide bonds. The summed E-state index contributed by atoms with van der Waals surface area (Å²) in [4.78, 5) is 12.8. The summed E-state index contributed by atoms with van der Waals surface area (Å²) in [7, 11) is -2.31. The van der Waals surface area contributed by atoms with E-state index in [1.54, 1.807) is 42.5 Å². The number of methoxy groups -OCH3 is 1. The molecular weight excluding hydrogens is 400 g/mol. The topological polar surface area (TPSA) is 75.7 Å². The number of hydrogen-bond acceptors (Lipinski definition) is 4. The van der Waals surface area contributed by atoms with Gasteiger partial charge in [-0.1, -0.05) is 17.7 Å². The van der Waals surface area contributed by atoms with Crippen LogP contribution in [0.2, 0.25) is 5.02 Å². The van der Waals surface area contributed by atoms with Crippen LogP contribution in [0.5, 0.6) is 5.75 Å². The van der Waals surface area contributed by atoms with Crippen LogP contribution in [0.4, 0.5) is 5.69 Å². The zero-order valence-corrected chi connectivity index (χ0v) is 17.4. The maximum atomic E-state index is 13.2. The van der Waals surface area contributed by atoms with Crippen molar-refractivity contribution in [2.75, 3.05) is 25.5 Å². The van der Waals surface area contributed by atoms with Crippen LogP contribution < -0.4 is 10.1 Å². The van der Waals surface area contributed by atoms with E-state index in [4.69, 9.17) is 16.3 Å². The lowest BCUT2D eigenvalue weighted by Crippen LogP contribution is -2.43. The van der Waals surface area contributed by atoms with E-state index in [0.29, 0.717) is 35.8 Å². The Morgan fingerprint density at radius 1 is 1.21 bits per heavy atom. The molecule has 1 aliphatic rings. The molecule has 1 saturated heterocycles. The number of hydrogen-bond donors (Lipinski definition) is 1. The van der Waals surface area contributed by atoms with Gasteiger partial charge in [-0.05, 0) is 61.7 Å². The van der Waals surface area contributed by atoms with Gasteiger partial charge in [0.2, 0.25) is 15.9 Å². The van der Waals surface area contributed by atoms with Gasteiger partial charge in [0.05, 0.1) is 13.0 Å². The number of rotatable bonds is 5. The van der Waals surface area contributed by atoms with Crippen molar-refractivity contribution < 1.29 is 17.9 Å². The Hall–Kier alpha value is -2.09. The Morgan fingerprint density at radius 2 is 1.93 bits per heavy atom. The number of ether oxygens (including phenoxy) is 1. The van der Waals surface area contributed by atoms with Crippen molar-refractivity contribution in [3.63, 3.8) is 0 Å². The normalized spacial score (nSPS) is 17.9. The molecule has 1 heterocycles. The van der Waals surface area contributed by atoms with Gasteiger partial charge in [-0.25, -0.2) is 8.42 Å². The first kappa shape index (κ1) is 20.6. The van der Waals surface area contributed by atoms with E-state index >= 15 is 0 Å². The average molecular weight is 423 g/mol. The Labute approximate surface area is 170 Å². The molecule has 1 atom stereocenters. The highest BCUT2D eigenvalue weighted by Crippen LogP contribution is 2.31. The fourth-order valence-corrected chi connectivity index (χ4v) is 5.17. The van der Waals surface area contributed by atoms with Gasteiger partial charge in [-0.15, -0.1) is 0 Å². The molecule has 2 aromatic rings. The second-order valence-electron chi connectivity index (χ2n) is 6.85. The molecule has 8 heteroatoms. The molecule has 1 N–H and O–H groups in total. The third kappa shape index (κ3) is 4.48. The van der Waals surface area contributed by atoms with Crippen LogP contribution in [-0.2, 0) is 14.8 Å². The lowest BCUT2D eigenvalue weighted by Gasteiger charge is -2.31. The first-order valence-electron chi connectivity index (χ1n) is 9.02. The van der Waals surface area contributed by atoms with Crippen LogP contribution in [-0.4, -0.2) is 38.8 Å². The predicted molar refractivity (Wildman–Crippen MR) is 109 cm³/mol. The van der Waals surface area contributed by atoms with Gasteiger partial charge < -0.3 is 10.1 Å². The Kier molecular flexibility index (Phi) is 6.27. The van der Waals surface area contributed by atoms with Crippen LogP contribution in [0.25, 0.3) is 0 Å². The molecule has 28 heavy (non-hydrogen) atoms. The maximum absolute atomic E-state index is 13.2. The molecule has 1 aliphatic heterocycles. The molecule has 0 saturated carbocycles. The van der Waals surface area contributed by atoms with Crippen LogP contribution in [0, 0.1) is 12.8 Å². The zero-order chi connectivity index (χ0) is 20.3. The van der Waals surface area contributed by atoms with Gasteiger partial charge in [-0.3, -0.25) is 4.79 Å². The highest BCUT2D eigenvalue weighted by molar-refractivity contribution is 7.89. The molecule has 1 fully saturated rings. The van der Waals surface area contributed by atoms with Gasteiger partial charge >= 0.3 is 0 Å². The summed E-state index contributed by atoms with van der Waals surface area (Å²) in [5.74, 6) is -0.313. The van der Waals surface area contributed by atoms with Gasteiger partial charge in [0.1, 0.15) is 10.6 Å². The van der Waals surface area contributed by atoms with Gasteiger partial charge in [-0.2, -0.15) is 4.31 Å². The Bertz CT molecular complexity index is 961. The van der Waals surface area contributed by atoms with E-state index in [-0.39, 0.29) is 17.3 Å². The molecule has 0 bridgehead atoms. The number of sulfonamides is 1. The molecular formula is C20H23ClN2O4S. The SMILES string of the molecule is COc1ccc(C)cc1S(=O)(=O)N1CCC[C@H](C(=O)Nc2ccc(Cl)cc2)C1. The van der Waals surface area contributed by atoms with E-state index < -0.39 is 15.9 Å². The molecule has 0 aromatic heterocycles. The number of carbonyl (C=O) groups is 1. The second kappa shape index (κ2) is 8.51. The predicted octanol–water partition coefficient (Wildman–Crippen LogP) is 3.70. The number of nitrogens with zero attached hydrogens (tertiary/aromatic N) is 1. The number of piperidine rings is 1. The van der Waals surface area contributed by atoms with E-state index in [2.05, 4.69) is 5.32 Å². The molecule has 3 rings (SSSR count). The van der Waals surface area contributed by atoms with Gasteiger partial charge in [0.15, 0.2) is 0 Å². The van der Waals surface area contributed by atoms with E-state index in [1.165, 1.54) is 11.4 Å².